The highest BCUT2D eigenvalue weighted by atomic mass is 19.1. The Labute approximate surface area is 110 Å². The van der Waals surface area contributed by atoms with Crippen LogP contribution < -0.4 is 10.2 Å². The number of hydrogen-bond acceptors (Lipinski definition) is 4. The number of nitrogens with zero attached hydrogens (tertiary/aromatic N) is 2. The lowest BCUT2D eigenvalue weighted by Crippen LogP contribution is -2.46. The summed E-state index contributed by atoms with van der Waals surface area (Å²) in [7, 11) is 1.80. The second kappa shape index (κ2) is 5.95. The van der Waals surface area contributed by atoms with Gasteiger partial charge in [0, 0.05) is 19.6 Å². The van der Waals surface area contributed by atoms with Crippen molar-refractivity contribution in [1.29, 1.82) is 5.26 Å². The topological polar surface area (TPSA) is 48.3 Å². The molecule has 1 N–H and O–H groups in total. The molecule has 1 fully saturated rings. The molecule has 0 saturated carbocycles. The minimum atomic E-state index is -0.707. The van der Waals surface area contributed by atoms with Crippen molar-refractivity contribution in [3.63, 3.8) is 0 Å². The van der Waals surface area contributed by atoms with Crippen LogP contribution in [0.4, 0.5) is 14.5 Å². The van der Waals surface area contributed by atoms with E-state index >= 15 is 0 Å². The van der Waals surface area contributed by atoms with Crippen LogP contribution in [-0.4, -0.2) is 39.4 Å². The van der Waals surface area contributed by atoms with Crippen molar-refractivity contribution in [3.05, 3.63) is 29.3 Å². The summed E-state index contributed by atoms with van der Waals surface area (Å²) >= 11 is 0. The first-order chi connectivity index (χ1) is 9.15. The average molecular weight is 267 g/mol. The SMILES string of the molecule is CNCC1CN(c2c(F)cc(C#N)cc2F)CCO1. The molecule has 1 atom stereocenters. The summed E-state index contributed by atoms with van der Waals surface area (Å²) in [5.41, 5.74) is -0.0952. The van der Waals surface area contributed by atoms with Crippen LogP contribution in [0.15, 0.2) is 12.1 Å². The Hall–Kier alpha value is -1.71. The van der Waals surface area contributed by atoms with Crippen molar-refractivity contribution in [2.75, 3.05) is 38.2 Å². The minimum Gasteiger partial charge on any atom is -0.373 e. The molecule has 1 heterocycles. The zero-order valence-electron chi connectivity index (χ0n) is 10.6. The second-order valence-electron chi connectivity index (χ2n) is 4.40. The summed E-state index contributed by atoms with van der Waals surface area (Å²) in [4.78, 5) is 1.62. The molecule has 2 rings (SSSR count). The number of benzene rings is 1. The lowest BCUT2D eigenvalue weighted by atomic mass is 10.1. The van der Waals surface area contributed by atoms with Crippen LogP contribution in [0.3, 0.4) is 0 Å². The molecule has 0 bridgehead atoms. The van der Waals surface area contributed by atoms with E-state index in [1.807, 2.05) is 0 Å². The van der Waals surface area contributed by atoms with Crippen molar-refractivity contribution >= 4 is 5.69 Å². The molecule has 6 heteroatoms. The molecule has 1 saturated heterocycles. The first kappa shape index (κ1) is 13.7. The third-order valence-electron chi connectivity index (χ3n) is 3.03. The Kier molecular flexibility index (Phi) is 4.30. The van der Waals surface area contributed by atoms with Gasteiger partial charge in [0.25, 0.3) is 0 Å². The van der Waals surface area contributed by atoms with E-state index in [0.29, 0.717) is 26.2 Å². The molecule has 0 radical (unpaired) electrons. The van der Waals surface area contributed by atoms with Gasteiger partial charge < -0.3 is 15.0 Å². The van der Waals surface area contributed by atoms with E-state index in [-0.39, 0.29) is 17.4 Å². The van der Waals surface area contributed by atoms with Crippen LogP contribution in [0.1, 0.15) is 5.56 Å². The van der Waals surface area contributed by atoms with Crippen LogP contribution in [0.2, 0.25) is 0 Å². The molecule has 0 spiro atoms. The summed E-state index contributed by atoms with van der Waals surface area (Å²) in [5.74, 6) is -1.41. The third kappa shape index (κ3) is 3.00. The predicted molar refractivity (Wildman–Crippen MR) is 67.0 cm³/mol. The lowest BCUT2D eigenvalue weighted by molar-refractivity contribution is 0.0417. The number of rotatable bonds is 3. The molecular weight excluding hydrogens is 252 g/mol. The fraction of sp³-hybridized carbons (Fsp3) is 0.462. The molecule has 1 unspecified atom stereocenters. The summed E-state index contributed by atoms with van der Waals surface area (Å²) in [6, 6.07) is 3.85. The molecule has 1 aliphatic heterocycles. The molecule has 1 aliphatic rings. The normalized spacial score (nSPS) is 19.3. The van der Waals surface area contributed by atoms with Crippen molar-refractivity contribution in [2.45, 2.75) is 6.10 Å². The van der Waals surface area contributed by atoms with E-state index in [2.05, 4.69) is 5.32 Å². The molecule has 0 aliphatic carbocycles. The molecule has 1 aromatic carbocycles. The number of anilines is 1. The van der Waals surface area contributed by atoms with Gasteiger partial charge in [-0.3, -0.25) is 0 Å². The summed E-state index contributed by atoms with van der Waals surface area (Å²) in [5, 5.41) is 11.6. The van der Waals surface area contributed by atoms with Crippen LogP contribution in [0, 0.1) is 23.0 Å². The van der Waals surface area contributed by atoms with E-state index in [1.54, 1.807) is 18.0 Å². The van der Waals surface area contributed by atoms with E-state index in [9.17, 15) is 8.78 Å². The van der Waals surface area contributed by atoms with Gasteiger partial charge in [-0.25, -0.2) is 8.78 Å². The highest BCUT2D eigenvalue weighted by Gasteiger charge is 2.25. The number of halogens is 2. The molecule has 0 aromatic heterocycles. The molecule has 1 aromatic rings. The predicted octanol–water partition coefficient (Wildman–Crippen LogP) is 1.26. The molecule has 19 heavy (non-hydrogen) atoms. The maximum atomic E-state index is 13.9. The van der Waals surface area contributed by atoms with Crippen LogP contribution in [-0.2, 0) is 4.74 Å². The third-order valence-corrected chi connectivity index (χ3v) is 3.03. The zero-order valence-corrected chi connectivity index (χ0v) is 10.6. The van der Waals surface area contributed by atoms with Gasteiger partial charge in [-0.15, -0.1) is 0 Å². The van der Waals surface area contributed by atoms with E-state index in [0.717, 1.165) is 12.1 Å². The number of nitriles is 1. The summed E-state index contributed by atoms with van der Waals surface area (Å²) < 4.78 is 33.3. The second-order valence-corrected chi connectivity index (χ2v) is 4.40. The van der Waals surface area contributed by atoms with E-state index in [4.69, 9.17) is 10.00 Å². The van der Waals surface area contributed by atoms with Crippen molar-refractivity contribution < 1.29 is 13.5 Å². The van der Waals surface area contributed by atoms with Gasteiger partial charge in [0.05, 0.1) is 24.3 Å². The zero-order chi connectivity index (χ0) is 13.8. The van der Waals surface area contributed by atoms with Crippen LogP contribution in [0.25, 0.3) is 0 Å². The van der Waals surface area contributed by atoms with E-state index in [1.165, 1.54) is 0 Å². The number of likely N-dealkylation sites (N-methyl/N-ethyl adjacent to an activating group) is 1. The standard InChI is InChI=1S/C13H15F2N3O/c1-17-7-10-8-18(2-3-19-10)13-11(14)4-9(6-16)5-12(13)15/h4-5,10,17H,2-3,7-8H2,1H3. The van der Waals surface area contributed by atoms with Gasteiger partial charge in [0.1, 0.15) is 5.69 Å². The van der Waals surface area contributed by atoms with Crippen molar-refractivity contribution in [2.24, 2.45) is 0 Å². The van der Waals surface area contributed by atoms with Crippen LogP contribution in [0.5, 0.6) is 0 Å². The van der Waals surface area contributed by atoms with Gasteiger partial charge in [0.15, 0.2) is 11.6 Å². The maximum absolute atomic E-state index is 13.9. The Balaban J connectivity index is 2.24. The fourth-order valence-electron chi connectivity index (χ4n) is 2.21. The first-order valence-corrected chi connectivity index (χ1v) is 6.06. The Morgan fingerprint density at radius 2 is 2.16 bits per heavy atom. The van der Waals surface area contributed by atoms with E-state index < -0.39 is 11.6 Å². The quantitative estimate of drug-likeness (QED) is 0.895. The number of morpholine rings is 1. The van der Waals surface area contributed by atoms with Gasteiger partial charge in [-0.05, 0) is 19.2 Å². The smallest absolute Gasteiger partial charge is 0.150 e. The number of nitrogens with one attached hydrogen (secondary N) is 1. The minimum absolute atomic E-state index is 0.0150. The monoisotopic (exact) mass is 267 g/mol. The Morgan fingerprint density at radius 1 is 1.47 bits per heavy atom. The maximum Gasteiger partial charge on any atom is 0.150 e. The molecule has 4 nitrogen and oxygen atoms in total. The van der Waals surface area contributed by atoms with Crippen molar-refractivity contribution in [3.8, 4) is 6.07 Å². The largest absolute Gasteiger partial charge is 0.373 e. The number of ether oxygens (including phenoxy) is 1. The molecular formula is C13H15F2N3O. The van der Waals surface area contributed by atoms with Crippen molar-refractivity contribution in [1.82, 2.24) is 5.32 Å². The van der Waals surface area contributed by atoms with Gasteiger partial charge in [-0.1, -0.05) is 0 Å². The van der Waals surface area contributed by atoms with Gasteiger partial charge in [-0.2, -0.15) is 5.26 Å². The first-order valence-electron chi connectivity index (χ1n) is 6.06. The Bertz CT molecular complexity index is 476. The molecule has 0 amide bonds. The molecule has 102 valence electrons. The lowest BCUT2D eigenvalue weighted by Gasteiger charge is -2.34. The fourth-order valence-corrected chi connectivity index (χ4v) is 2.21. The van der Waals surface area contributed by atoms with Gasteiger partial charge in [0.2, 0.25) is 0 Å². The summed E-state index contributed by atoms with van der Waals surface area (Å²) in [6.45, 7) is 1.89. The van der Waals surface area contributed by atoms with Gasteiger partial charge >= 0.3 is 0 Å². The highest BCUT2D eigenvalue weighted by molar-refractivity contribution is 5.53. The summed E-state index contributed by atoms with van der Waals surface area (Å²) in [6.07, 6.45) is -0.104. The number of hydrogen-bond donors (Lipinski definition) is 1. The highest BCUT2D eigenvalue weighted by Crippen LogP contribution is 2.26. The Morgan fingerprint density at radius 3 is 2.74 bits per heavy atom. The average Bonchev–Trinajstić information content (AvgIpc) is 2.38. The van der Waals surface area contributed by atoms with Crippen LogP contribution >= 0.6 is 0 Å².